The molecule has 0 spiro atoms. The summed E-state index contributed by atoms with van der Waals surface area (Å²) in [4.78, 5) is 14.2. The summed E-state index contributed by atoms with van der Waals surface area (Å²) in [6.45, 7) is 0.164. The quantitative estimate of drug-likeness (QED) is 0.925. The summed E-state index contributed by atoms with van der Waals surface area (Å²) in [6, 6.07) is 10.0. The summed E-state index contributed by atoms with van der Waals surface area (Å²) < 4.78 is 32.3. The van der Waals surface area contributed by atoms with Crippen LogP contribution in [0.4, 0.5) is 8.78 Å². The van der Waals surface area contributed by atoms with Crippen molar-refractivity contribution in [1.29, 1.82) is 0 Å². The van der Waals surface area contributed by atoms with Crippen molar-refractivity contribution in [3.63, 3.8) is 0 Å². The molecule has 1 amide bonds. The number of rotatable bonds is 4. The Bertz CT molecular complexity index is 781. The number of aliphatic hydroxyl groups is 1. The fourth-order valence-electron chi connectivity index (χ4n) is 3.20. The molecular formula is C19H19F2NO3. The molecule has 1 heterocycles. The standard InChI is InChI=1S/C19H19F2NO3/c1-25-16-4-2-3-12(8-16)18-10-15(23)11-22(18)19(24)9-13-7-14(20)5-6-17(13)21/h2-8,15,18,23H,9-11H2,1H3/t15-,18-/m0/s1. The van der Waals surface area contributed by atoms with Gasteiger partial charge in [-0.3, -0.25) is 4.79 Å². The lowest BCUT2D eigenvalue weighted by atomic mass is 10.0. The number of nitrogens with zero attached hydrogens (tertiary/aromatic N) is 1. The van der Waals surface area contributed by atoms with Crippen LogP contribution in [0.2, 0.25) is 0 Å². The third-order valence-corrected chi connectivity index (χ3v) is 4.43. The summed E-state index contributed by atoms with van der Waals surface area (Å²) in [5.41, 5.74) is 0.847. The SMILES string of the molecule is COc1cccc([C@@H]2C[C@H](O)CN2C(=O)Cc2cc(F)ccc2F)c1. The average molecular weight is 347 g/mol. The number of hydrogen-bond acceptors (Lipinski definition) is 3. The molecule has 4 nitrogen and oxygen atoms in total. The first-order chi connectivity index (χ1) is 12.0. The minimum Gasteiger partial charge on any atom is -0.497 e. The first-order valence-corrected chi connectivity index (χ1v) is 8.03. The fourth-order valence-corrected chi connectivity index (χ4v) is 3.20. The third kappa shape index (κ3) is 3.79. The van der Waals surface area contributed by atoms with Gasteiger partial charge in [0, 0.05) is 12.1 Å². The van der Waals surface area contributed by atoms with Gasteiger partial charge in [0.25, 0.3) is 0 Å². The number of β-amino-alcohol motifs (C(OH)–C–C–N with tert-alkyl or cyclic N) is 1. The van der Waals surface area contributed by atoms with Gasteiger partial charge in [0.05, 0.1) is 25.7 Å². The molecule has 0 aromatic heterocycles. The van der Waals surface area contributed by atoms with Gasteiger partial charge in [0.2, 0.25) is 5.91 Å². The zero-order valence-electron chi connectivity index (χ0n) is 13.8. The van der Waals surface area contributed by atoms with E-state index in [0.29, 0.717) is 12.2 Å². The summed E-state index contributed by atoms with van der Waals surface area (Å²) in [5.74, 6) is -0.904. The number of carbonyl (C=O) groups excluding carboxylic acids is 1. The van der Waals surface area contributed by atoms with E-state index >= 15 is 0 Å². The first kappa shape index (κ1) is 17.4. The Morgan fingerprint density at radius 2 is 2.08 bits per heavy atom. The Kier molecular flexibility index (Phi) is 4.99. The minimum absolute atomic E-state index is 0.00998. The topological polar surface area (TPSA) is 49.8 Å². The van der Waals surface area contributed by atoms with E-state index in [1.54, 1.807) is 13.2 Å². The van der Waals surface area contributed by atoms with Crippen LogP contribution in [0.3, 0.4) is 0 Å². The Morgan fingerprint density at radius 3 is 2.84 bits per heavy atom. The number of aliphatic hydroxyl groups excluding tert-OH is 1. The predicted molar refractivity (Wildman–Crippen MR) is 88.1 cm³/mol. The monoisotopic (exact) mass is 347 g/mol. The van der Waals surface area contributed by atoms with E-state index in [1.165, 1.54) is 4.90 Å². The van der Waals surface area contributed by atoms with Gasteiger partial charge >= 0.3 is 0 Å². The number of likely N-dealkylation sites (tertiary alicyclic amines) is 1. The highest BCUT2D eigenvalue weighted by atomic mass is 19.1. The van der Waals surface area contributed by atoms with Crippen LogP contribution >= 0.6 is 0 Å². The number of carbonyl (C=O) groups is 1. The van der Waals surface area contributed by atoms with E-state index < -0.39 is 17.7 Å². The first-order valence-electron chi connectivity index (χ1n) is 8.03. The van der Waals surface area contributed by atoms with Crippen molar-refractivity contribution >= 4 is 5.91 Å². The molecule has 25 heavy (non-hydrogen) atoms. The van der Waals surface area contributed by atoms with Crippen LogP contribution in [0.25, 0.3) is 0 Å². The van der Waals surface area contributed by atoms with Gasteiger partial charge in [-0.25, -0.2) is 8.78 Å². The summed E-state index contributed by atoms with van der Waals surface area (Å²) >= 11 is 0. The molecule has 0 radical (unpaired) electrons. The van der Waals surface area contributed by atoms with Crippen molar-refractivity contribution in [3.8, 4) is 5.75 Å². The molecule has 1 fully saturated rings. The molecule has 3 rings (SSSR count). The maximum atomic E-state index is 13.8. The molecule has 1 N–H and O–H groups in total. The van der Waals surface area contributed by atoms with Gasteiger partial charge in [-0.1, -0.05) is 12.1 Å². The average Bonchev–Trinajstić information content (AvgIpc) is 3.00. The van der Waals surface area contributed by atoms with Gasteiger partial charge < -0.3 is 14.7 Å². The van der Waals surface area contributed by atoms with Crippen LogP contribution < -0.4 is 4.74 Å². The maximum Gasteiger partial charge on any atom is 0.227 e. The van der Waals surface area contributed by atoms with Gasteiger partial charge in [-0.15, -0.1) is 0 Å². The molecule has 1 aliphatic rings. The van der Waals surface area contributed by atoms with E-state index in [-0.39, 0.29) is 30.5 Å². The van der Waals surface area contributed by atoms with Gasteiger partial charge in [0.15, 0.2) is 0 Å². The number of methoxy groups -OCH3 is 1. The van der Waals surface area contributed by atoms with Gasteiger partial charge in [-0.2, -0.15) is 0 Å². The Balaban J connectivity index is 1.83. The second-order valence-electron chi connectivity index (χ2n) is 6.14. The molecule has 2 aromatic rings. The van der Waals surface area contributed by atoms with Crippen molar-refractivity contribution in [2.75, 3.05) is 13.7 Å². The van der Waals surface area contributed by atoms with Crippen molar-refractivity contribution in [2.45, 2.75) is 25.0 Å². The van der Waals surface area contributed by atoms with Crippen molar-refractivity contribution < 1.29 is 23.4 Å². The number of hydrogen-bond donors (Lipinski definition) is 1. The second kappa shape index (κ2) is 7.19. The zero-order chi connectivity index (χ0) is 18.0. The number of amides is 1. The largest absolute Gasteiger partial charge is 0.497 e. The lowest BCUT2D eigenvalue weighted by molar-refractivity contribution is -0.131. The molecule has 0 saturated carbocycles. The Morgan fingerprint density at radius 1 is 1.28 bits per heavy atom. The summed E-state index contributed by atoms with van der Waals surface area (Å²) in [5, 5.41) is 10.0. The highest BCUT2D eigenvalue weighted by Crippen LogP contribution is 2.34. The molecule has 2 atom stereocenters. The van der Waals surface area contributed by atoms with Crippen LogP contribution in [0.15, 0.2) is 42.5 Å². The summed E-state index contributed by atoms with van der Waals surface area (Å²) in [6.07, 6.45) is -0.515. The van der Waals surface area contributed by atoms with E-state index in [2.05, 4.69) is 0 Å². The summed E-state index contributed by atoms with van der Waals surface area (Å²) in [7, 11) is 1.55. The molecule has 6 heteroatoms. The van der Waals surface area contributed by atoms with Crippen LogP contribution in [0.1, 0.15) is 23.6 Å². The number of ether oxygens (including phenoxy) is 1. The molecule has 0 aliphatic carbocycles. The van der Waals surface area contributed by atoms with Crippen LogP contribution in [0, 0.1) is 11.6 Å². The second-order valence-corrected chi connectivity index (χ2v) is 6.14. The lowest BCUT2D eigenvalue weighted by Crippen LogP contribution is -2.33. The van der Waals surface area contributed by atoms with E-state index in [4.69, 9.17) is 4.74 Å². The predicted octanol–water partition coefficient (Wildman–Crippen LogP) is 2.85. The maximum absolute atomic E-state index is 13.8. The zero-order valence-corrected chi connectivity index (χ0v) is 13.8. The van der Waals surface area contributed by atoms with Crippen molar-refractivity contribution in [1.82, 2.24) is 4.90 Å². The van der Waals surface area contributed by atoms with Crippen molar-refractivity contribution in [2.24, 2.45) is 0 Å². The van der Waals surface area contributed by atoms with Gasteiger partial charge in [0.1, 0.15) is 17.4 Å². The van der Waals surface area contributed by atoms with E-state index in [9.17, 15) is 18.7 Å². The third-order valence-electron chi connectivity index (χ3n) is 4.43. The van der Waals surface area contributed by atoms with E-state index in [1.807, 2.05) is 18.2 Å². The highest BCUT2D eigenvalue weighted by Gasteiger charge is 2.35. The fraction of sp³-hybridized carbons (Fsp3) is 0.316. The highest BCUT2D eigenvalue weighted by molar-refractivity contribution is 5.79. The van der Waals surface area contributed by atoms with Crippen LogP contribution in [0.5, 0.6) is 5.75 Å². The van der Waals surface area contributed by atoms with Crippen LogP contribution in [-0.2, 0) is 11.2 Å². The molecule has 2 aromatic carbocycles. The Hall–Kier alpha value is -2.47. The smallest absolute Gasteiger partial charge is 0.227 e. The number of halogens is 2. The van der Waals surface area contributed by atoms with Crippen LogP contribution in [-0.4, -0.2) is 35.7 Å². The molecule has 1 saturated heterocycles. The lowest BCUT2D eigenvalue weighted by Gasteiger charge is -2.25. The van der Waals surface area contributed by atoms with Gasteiger partial charge in [-0.05, 0) is 42.3 Å². The molecule has 0 bridgehead atoms. The molecule has 1 aliphatic heterocycles. The molecular weight excluding hydrogens is 328 g/mol. The van der Waals surface area contributed by atoms with E-state index in [0.717, 1.165) is 23.8 Å². The normalized spacial score (nSPS) is 19.9. The molecule has 0 unspecified atom stereocenters. The Labute approximate surface area is 144 Å². The molecule has 132 valence electrons. The number of benzene rings is 2. The van der Waals surface area contributed by atoms with Crippen molar-refractivity contribution in [3.05, 3.63) is 65.2 Å². The minimum atomic E-state index is -0.655.